The van der Waals surface area contributed by atoms with Crippen molar-refractivity contribution in [2.75, 3.05) is 45.1 Å². The molecule has 2 aromatic rings. The molecule has 164 valence electrons. The second kappa shape index (κ2) is 10.1. The number of carbonyl (C=O) groups is 2. The highest BCUT2D eigenvalue weighted by atomic mass is 16.2. The highest BCUT2D eigenvalue weighted by molar-refractivity contribution is 5.98. The molecule has 2 saturated heterocycles. The van der Waals surface area contributed by atoms with Crippen LogP contribution in [-0.4, -0.2) is 66.3 Å². The van der Waals surface area contributed by atoms with E-state index in [1.807, 2.05) is 42.5 Å². The van der Waals surface area contributed by atoms with E-state index >= 15 is 0 Å². The maximum absolute atomic E-state index is 13.4. The Hall–Kier alpha value is -2.70. The van der Waals surface area contributed by atoms with Gasteiger partial charge < -0.3 is 15.1 Å². The molecule has 0 spiro atoms. The van der Waals surface area contributed by atoms with E-state index in [1.165, 1.54) is 5.56 Å². The Kier molecular flexibility index (Phi) is 6.99. The third kappa shape index (κ3) is 5.51. The monoisotopic (exact) mass is 420 g/mol. The second-order valence-corrected chi connectivity index (χ2v) is 8.63. The van der Waals surface area contributed by atoms with Crippen LogP contribution in [0.25, 0.3) is 0 Å². The van der Waals surface area contributed by atoms with E-state index in [9.17, 15) is 9.59 Å². The summed E-state index contributed by atoms with van der Waals surface area (Å²) in [5, 5.41) is 3.08. The Bertz CT molecular complexity index is 893. The van der Waals surface area contributed by atoms with Gasteiger partial charge in [0.2, 0.25) is 5.91 Å². The molecule has 31 heavy (non-hydrogen) atoms. The fraction of sp³-hybridized carbons (Fsp3) is 0.440. The molecule has 2 amide bonds. The summed E-state index contributed by atoms with van der Waals surface area (Å²) in [6.07, 6.45) is 2.34. The van der Waals surface area contributed by atoms with E-state index < -0.39 is 6.04 Å². The number of hydrogen-bond acceptors (Lipinski definition) is 4. The van der Waals surface area contributed by atoms with Crippen LogP contribution in [0.5, 0.6) is 0 Å². The van der Waals surface area contributed by atoms with Gasteiger partial charge >= 0.3 is 0 Å². The van der Waals surface area contributed by atoms with Gasteiger partial charge in [0.15, 0.2) is 0 Å². The minimum absolute atomic E-state index is 0.0547. The quantitative estimate of drug-likeness (QED) is 0.780. The summed E-state index contributed by atoms with van der Waals surface area (Å²) in [6.45, 7) is 5.78. The molecule has 1 atom stereocenters. The topological polar surface area (TPSA) is 55.9 Å². The zero-order valence-electron chi connectivity index (χ0n) is 18.3. The zero-order chi connectivity index (χ0) is 21.6. The standard InChI is InChI=1S/C25H32N4O2/c1-27-14-16-28(17-15-27)19-20-8-7-11-22(18-20)26-25(31)24(21-9-3-2-4-10-21)29-13-6-5-12-23(29)30/h2-4,7-11,18,24H,5-6,12-17,19H2,1H3,(H,26,31). The maximum atomic E-state index is 13.4. The first-order valence-electron chi connectivity index (χ1n) is 11.3. The van der Waals surface area contributed by atoms with Crippen LogP contribution < -0.4 is 5.32 Å². The maximum Gasteiger partial charge on any atom is 0.251 e. The Balaban J connectivity index is 1.49. The van der Waals surface area contributed by atoms with Crippen LogP contribution in [0.1, 0.15) is 36.4 Å². The minimum atomic E-state index is -0.602. The Labute approximate surface area is 184 Å². The van der Waals surface area contributed by atoms with Crippen molar-refractivity contribution in [2.45, 2.75) is 31.8 Å². The summed E-state index contributed by atoms with van der Waals surface area (Å²) >= 11 is 0. The van der Waals surface area contributed by atoms with Crippen molar-refractivity contribution in [1.29, 1.82) is 0 Å². The molecular weight excluding hydrogens is 388 g/mol. The number of nitrogens with one attached hydrogen (secondary N) is 1. The van der Waals surface area contributed by atoms with E-state index in [0.717, 1.165) is 56.8 Å². The molecule has 0 saturated carbocycles. The predicted octanol–water partition coefficient (Wildman–Crippen LogP) is 3.13. The second-order valence-electron chi connectivity index (χ2n) is 8.63. The number of carbonyl (C=O) groups excluding carboxylic acids is 2. The molecule has 0 aliphatic carbocycles. The molecule has 0 bridgehead atoms. The van der Waals surface area contributed by atoms with Crippen LogP contribution in [0, 0.1) is 0 Å². The highest BCUT2D eigenvalue weighted by Gasteiger charge is 2.32. The number of anilines is 1. The van der Waals surface area contributed by atoms with E-state index in [4.69, 9.17) is 0 Å². The summed E-state index contributed by atoms with van der Waals surface area (Å²) in [5.41, 5.74) is 2.82. The van der Waals surface area contributed by atoms with E-state index in [2.05, 4.69) is 34.3 Å². The molecule has 1 N–H and O–H groups in total. The van der Waals surface area contributed by atoms with Crippen LogP contribution in [0.2, 0.25) is 0 Å². The lowest BCUT2D eigenvalue weighted by molar-refractivity contribution is -0.141. The number of piperidine rings is 1. The third-order valence-electron chi connectivity index (χ3n) is 6.23. The van der Waals surface area contributed by atoms with Crippen molar-refractivity contribution in [1.82, 2.24) is 14.7 Å². The van der Waals surface area contributed by atoms with Gasteiger partial charge in [-0.25, -0.2) is 0 Å². The van der Waals surface area contributed by atoms with E-state index in [1.54, 1.807) is 4.90 Å². The van der Waals surface area contributed by atoms with Crippen molar-refractivity contribution in [3.63, 3.8) is 0 Å². The summed E-state index contributed by atoms with van der Waals surface area (Å²) in [4.78, 5) is 32.5. The molecular formula is C25H32N4O2. The van der Waals surface area contributed by atoms with Gasteiger partial charge in [-0.15, -0.1) is 0 Å². The first kappa shape index (κ1) is 21.5. The number of amides is 2. The number of hydrogen-bond donors (Lipinski definition) is 1. The van der Waals surface area contributed by atoms with Crippen molar-refractivity contribution >= 4 is 17.5 Å². The van der Waals surface area contributed by atoms with Crippen LogP contribution in [-0.2, 0) is 16.1 Å². The minimum Gasteiger partial charge on any atom is -0.327 e. The van der Waals surface area contributed by atoms with Gasteiger partial charge in [-0.2, -0.15) is 0 Å². The number of benzene rings is 2. The molecule has 2 aliphatic heterocycles. The molecule has 0 aromatic heterocycles. The third-order valence-corrected chi connectivity index (χ3v) is 6.23. The molecule has 2 aromatic carbocycles. The molecule has 0 radical (unpaired) electrons. The van der Waals surface area contributed by atoms with E-state index in [-0.39, 0.29) is 11.8 Å². The molecule has 2 heterocycles. The first-order chi connectivity index (χ1) is 15.1. The largest absolute Gasteiger partial charge is 0.327 e. The smallest absolute Gasteiger partial charge is 0.251 e. The number of piperazine rings is 1. The van der Waals surface area contributed by atoms with Crippen molar-refractivity contribution in [3.05, 3.63) is 65.7 Å². The van der Waals surface area contributed by atoms with Gasteiger partial charge in [0.1, 0.15) is 6.04 Å². The number of rotatable bonds is 6. The Morgan fingerprint density at radius 1 is 0.968 bits per heavy atom. The normalized spacial score (nSPS) is 19.3. The van der Waals surface area contributed by atoms with Gasteiger partial charge in [0.25, 0.3) is 5.91 Å². The fourth-order valence-corrected chi connectivity index (χ4v) is 4.43. The van der Waals surface area contributed by atoms with E-state index in [0.29, 0.717) is 13.0 Å². The molecule has 1 unspecified atom stereocenters. The lowest BCUT2D eigenvalue weighted by Crippen LogP contribution is -2.44. The van der Waals surface area contributed by atoms with Crippen LogP contribution in [0.15, 0.2) is 54.6 Å². The van der Waals surface area contributed by atoms with Crippen molar-refractivity contribution in [2.24, 2.45) is 0 Å². The average Bonchev–Trinajstić information content (AvgIpc) is 2.78. The van der Waals surface area contributed by atoms with Gasteiger partial charge in [0.05, 0.1) is 0 Å². The molecule has 6 nitrogen and oxygen atoms in total. The molecule has 4 rings (SSSR count). The van der Waals surface area contributed by atoms with Crippen LogP contribution in [0.3, 0.4) is 0 Å². The Morgan fingerprint density at radius 2 is 1.74 bits per heavy atom. The fourth-order valence-electron chi connectivity index (χ4n) is 4.43. The van der Waals surface area contributed by atoms with Gasteiger partial charge in [0, 0.05) is 51.4 Å². The summed E-state index contributed by atoms with van der Waals surface area (Å²) in [7, 11) is 2.16. The van der Waals surface area contributed by atoms with Crippen molar-refractivity contribution < 1.29 is 9.59 Å². The van der Waals surface area contributed by atoms with Crippen LogP contribution >= 0.6 is 0 Å². The molecule has 2 fully saturated rings. The summed E-state index contributed by atoms with van der Waals surface area (Å²) in [6, 6.07) is 17.1. The zero-order valence-corrected chi connectivity index (χ0v) is 18.3. The number of nitrogens with zero attached hydrogens (tertiary/aromatic N) is 3. The number of likely N-dealkylation sites (N-methyl/N-ethyl adjacent to an activating group) is 1. The predicted molar refractivity (Wildman–Crippen MR) is 123 cm³/mol. The average molecular weight is 421 g/mol. The summed E-state index contributed by atoms with van der Waals surface area (Å²) in [5.74, 6) is -0.0998. The lowest BCUT2D eigenvalue weighted by atomic mass is 10.0. The number of likely N-dealkylation sites (tertiary alicyclic amines) is 1. The van der Waals surface area contributed by atoms with Gasteiger partial charge in [-0.05, 0) is 43.1 Å². The SMILES string of the molecule is CN1CCN(Cc2cccc(NC(=O)C(c3ccccc3)N3CCCCC3=O)c2)CC1. The summed E-state index contributed by atoms with van der Waals surface area (Å²) < 4.78 is 0. The molecule has 6 heteroatoms. The van der Waals surface area contributed by atoms with Gasteiger partial charge in [-0.1, -0.05) is 42.5 Å². The van der Waals surface area contributed by atoms with Gasteiger partial charge in [-0.3, -0.25) is 14.5 Å². The van der Waals surface area contributed by atoms with Crippen molar-refractivity contribution in [3.8, 4) is 0 Å². The highest BCUT2D eigenvalue weighted by Crippen LogP contribution is 2.27. The first-order valence-corrected chi connectivity index (χ1v) is 11.3. The lowest BCUT2D eigenvalue weighted by Gasteiger charge is -2.34. The Morgan fingerprint density at radius 3 is 2.48 bits per heavy atom. The van der Waals surface area contributed by atoms with Crippen LogP contribution in [0.4, 0.5) is 5.69 Å². The molecule has 2 aliphatic rings.